The Hall–Kier alpha value is -1.69. The Morgan fingerprint density at radius 3 is 2.95 bits per heavy atom. The molecule has 2 aromatic rings. The van der Waals surface area contributed by atoms with Crippen LogP contribution in [0, 0.1) is 0 Å². The van der Waals surface area contributed by atoms with Gasteiger partial charge >= 0.3 is 0 Å². The van der Waals surface area contributed by atoms with Crippen molar-refractivity contribution >= 4 is 28.4 Å². The Labute approximate surface area is 115 Å². The van der Waals surface area contributed by atoms with Crippen molar-refractivity contribution in [3.63, 3.8) is 0 Å². The summed E-state index contributed by atoms with van der Waals surface area (Å²) in [7, 11) is 1.55. The Morgan fingerprint density at radius 2 is 2.16 bits per heavy atom. The highest BCUT2D eigenvalue weighted by Crippen LogP contribution is 2.22. The number of hydrogen-bond donors (Lipinski definition) is 1. The van der Waals surface area contributed by atoms with Gasteiger partial charge in [-0.05, 0) is 12.1 Å². The number of amides is 1. The number of hydroxylamine groups is 1. The van der Waals surface area contributed by atoms with E-state index in [1.165, 1.54) is 6.07 Å². The van der Waals surface area contributed by atoms with E-state index < -0.39 is 5.91 Å². The molecular formula is C13H13ClN2O3. The molecule has 0 fully saturated rings. The number of hydrogen-bond acceptors (Lipinski definition) is 4. The summed E-state index contributed by atoms with van der Waals surface area (Å²) in [5.41, 5.74) is 3.16. The van der Waals surface area contributed by atoms with E-state index >= 15 is 0 Å². The van der Waals surface area contributed by atoms with E-state index in [2.05, 4.69) is 10.5 Å². The zero-order valence-electron chi connectivity index (χ0n) is 10.4. The Bertz CT molecular complexity index is 589. The lowest BCUT2D eigenvalue weighted by atomic mass is 10.2. The molecule has 0 aliphatic carbocycles. The fourth-order valence-electron chi connectivity index (χ4n) is 1.54. The van der Waals surface area contributed by atoms with Gasteiger partial charge in [-0.25, -0.2) is 10.5 Å². The molecule has 1 aromatic heterocycles. The van der Waals surface area contributed by atoms with Gasteiger partial charge in [0, 0.05) is 12.5 Å². The van der Waals surface area contributed by atoms with E-state index in [0.29, 0.717) is 17.1 Å². The van der Waals surface area contributed by atoms with Crippen LogP contribution in [0.3, 0.4) is 0 Å². The lowest BCUT2D eigenvalue weighted by Crippen LogP contribution is -2.26. The summed E-state index contributed by atoms with van der Waals surface area (Å²) in [6.45, 7) is 0.662. The van der Waals surface area contributed by atoms with Crippen LogP contribution in [0.1, 0.15) is 10.5 Å². The largest absolute Gasteiger partial charge is 0.382 e. The number of nitrogens with one attached hydrogen (secondary N) is 1. The zero-order chi connectivity index (χ0) is 13.7. The van der Waals surface area contributed by atoms with Gasteiger partial charge in [0.2, 0.25) is 0 Å². The summed E-state index contributed by atoms with van der Waals surface area (Å²) in [6, 6.07) is 8.86. The lowest BCUT2D eigenvalue weighted by molar-refractivity contribution is 0.00860. The minimum absolute atomic E-state index is 0.209. The van der Waals surface area contributed by atoms with Gasteiger partial charge in [-0.2, -0.15) is 0 Å². The molecule has 0 unspecified atom stereocenters. The second-order valence-electron chi connectivity index (χ2n) is 3.78. The molecule has 1 heterocycles. The van der Waals surface area contributed by atoms with Crippen molar-refractivity contribution in [3.8, 4) is 0 Å². The molecule has 0 bridgehead atoms. The smallest absolute Gasteiger partial charge is 0.293 e. The van der Waals surface area contributed by atoms with Crippen molar-refractivity contribution in [1.82, 2.24) is 10.5 Å². The standard InChI is InChI=1S/C13H13ClN2O3/c1-18-6-7-19-16-13(17)12-8-10(14)9-4-2-3-5-11(9)15-12/h2-5,8H,6-7H2,1H3,(H,16,17). The number of nitrogens with zero attached hydrogens (tertiary/aromatic N) is 1. The number of fused-ring (bicyclic) bond motifs is 1. The maximum Gasteiger partial charge on any atom is 0.293 e. The number of ether oxygens (including phenoxy) is 1. The second kappa shape index (κ2) is 6.47. The summed E-state index contributed by atoms with van der Waals surface area (Å²) in [5.74, 6) is -0.441. The highest BCUT2D eigenvalue weighted by molar-refractivity contribution is 6.35. The Morgan fingerprint density at radius 1 is 1.37 bits per heavy atom. The number of pyridine rings is 1. The maximum absolute atomic E-state index is 11.8. The number of halogens is 1. The third kappa shape index (κ3) is 3.41. The zero-order valence-corrected chi connectivity index (χ0v) is 11.1. The number of carbonyl (C=O) groups is 1. The number of para-hydroxylation sites is 1. The molecule has 1 aromatic carbocycles. The third-order valence-corrected chi connectivity index (χ3v) is 2.77. The van der Waals surface area contributed by atoms with Crippen molar-refractivity contribution in [2.75, 3.05) is 20.3 Å². The molecule has 0 aliphatic heterocycles. The van der Waals surface area contributed by atoms with Crippen LogP contribution in [-0.4, -0.2) is 31.2 Å². The molecule has 1 amide bonds. The second-order valence-corrected chi connectivity index (χ2v) is 4.19. The van der Waals surface area contributed by atoms with Gasteiger partial charge in [0.25, 0.3) is 5.91 Å². The van der Waals surface area contributed by atoms with Crippen molar-refractivity contribution < 1.29 is 14.4 Å². The fraction of sp³-hybridized carbons (Fsp3) is 0.231. The predicted molar refractivity (Wildman–Crippen MR) is 72.0 cm³/mol. The molecule has 0 saturated heterocycles. The van der Waals surface area contributed by atoms with E-state index in [-0.39, 0.29) is 12.3 Å². The molecule has 6 heteroatoms. The number of benzene rings is 1. The molecule has 5 nitrogen and oxygen atoms in total. The first kappa shape index (κ1) is 13.7. The normalized spacial score (nSPS) is 10.6. The van der Waals surface area contributed by atoms with Crippen molar-refractivity contribution in [3.05, 3.63) is 41.0 Å². The van der Waals surface area contributed by atoms with E-state index in [9.17, 15) is 4.79 Å². The van der Waals surface area contributed by atoms with E-state index in [4.69, 9.17) is 21.2 Å². The van der Waals surface area contributed by atoms with Gasteiger partial charge in [-0.15, -0.1) is 0 Å². The molecule has 19 heavy (non-hydrogen) atoms. The van der Waals surface area contributed by atoms with Gasteiger partial charge < -0.3 is 4.74 Å². The van der Waals surface area contributed by atoms with Crippen LogP contribution >= 0.6 is 11.6 Å². The van der Waals surface area contributed by atoms with E-state index in [1.807, 2.05) is 18.2 Å². The quantitative estimate of drug-likeness (QED) is 0.674. The average Bonchev–Trinajstić information content (AvgIpc) is 2.43. The molecule has 1 N–H and O–H groups in total. The van der Waals surface area contributed by atoms with Crippen LogP contribution in [0.25, 0.3) is 10.9 Å². The van der Waals surface area contributed by atoms with Crippen molar-refractivity contribution in [1.29, 1.82) is 0 Å². The molecule has 0 aliphatic rings. The Kier molecular flexibility index (Phi) is 4.68. The van der Waals surface area contributed by atoms with Crippen LogP contribution in [0.15, 0.2) is 30.3 Å². The first-order valence-corrected chi connectivity index (χ1v) is 6.06. The predicted octanol–water partition coefficient (Wildman–Crippen LogP) is 2.20. The molecule has 100 valence electrons. The number of aromatic nitrogens is 1. The van der Waals surface area contributed by atoms with Crippen LogP contribution in [0.4, 0.5) is 0 Å². The summed E-state index contributed by atoms with van der Waals surface area (Å²) in [6.07, 6.45) is 0. The molecule has 0 radical (unpaired) electrons. The third-order valence-electron chi connectivity index (χ3n) is 2.45. The Balaban J connectivity index is 2.14. The monoisotopic (exact) mass is 280 g/mol. The lowest BCUT2D eigenvalue weighted by Gasteiger charge is -2.06. The SMILES string of the molecule is COCCONC(=O)c1cc(Cl)c2ccccc2n1. The molecule has 0 atom stereocenters. The topological polar surface area (TPSA) is 60.5 Å². The van der Waals surface area contributed by atoms with Gasteiger partial charge in [-0.3, -0.25) is 9.63 Å². The van der Waals surface area contributed by atoms with E-state index in [0.717, 1.165) is 5.39 Å². The first-order valence-electron chi connectivity index (χ1n) is 5.68. The van der Waals surface area contributed by atoms with Gasteiger partial charge in [0.05, 0.1) is 23.8 Å². The highest BCUT2D eigenvalue weighted by Gasteiger charge is 2.10. The maximum atomic E-state index is 11.8. The van der Waals surface area contributed by atoms with Gasteiger partial charge in [0.15, 0.2) is 0 Å². The molecule has 0 saturated carbocycles. The van der Waals surface area contributed by atoms with Crippen molar-refractivity contribution in [2.45, 2.75) is 0 Å². The van der Waals surface area contributed by atoms with Crippen LogP contribution in [0.5, 0.6) is 0 Å². The molecule has 0 spiro atoms. The number of carbonyl (C=O) groups excluding carboxylic acids is 1. The van der Waals surface area contributed by atoms with Crippen LogP contribution in [-0.2, 0) is 9.57 Å². The summed E-state index contributed by atoms with van der Waals surface area (Å²) in [5, 5.41) is 1.29. The highest BCUT2D eigenvalue weighted by atomic mass is 35.5. The molecule has 2 rings (SSSR count). The molecular weight excluding hydrogens is 268 g/mol. The van der Waals surface area contributed by atoms with Crippen LogP contribution < -0.4 is 5.48 Å². The average molecular weight is 281 g/mol. The van der Waals surface area contributed by atoms with Gasteiger partial charge in [-0.1, -0.05) is 29.8 Å². The summed E-state index contributed by atoms with van der Waals surface area (Å²) < 4.78 is 4.79. The minimum atomic E-state index is -0.441. The first-order chi connectivity index (χ1) is 9.22. The minimum Gasteiger partial charge on any atom is -0.382 e. The number of rotatable bonds is 5. The van der Waals surface area contributed by atoms with E-state index in [1.54, 1.807) is 13.2 Å². The summed E-state index contributed by atoms with van der Waals surface area (Å²) >= 11 is 6.11. The van der Waals surface area contributed by atoms with Crippen molar-refractivity contribution in [2.24, 2.45) is 0 Å². The summed E-state index contributed by atoms with van der Waals surface area (Å²) in [4.78, 5) is 21.0. The fourth-order valence-corrected chi connectivity index (χ4v) is 1.81. The van der Waals surface area contributed by atoms with Crippen LogP contribution in [0.2, 0.25) is 5.02 Å². The number of methoxy groups -OCH3 is 1. The van der Waals surface area contributed by atoms with Gasteiger partial charge in [0.1, 0.15) is 5.69 Å².